The zero-order valence-electron chi connectivity index (χ0n) is 12.2. The number of carbonyl (C=O) groups is 3. The standard InChI is InChI=1S/C14H22N2O5/c1-21-14(20)11(17)7-15-13(19)9-6-12(18)16(8-9)10-4-2-3-5-10/h9-11,17H,2-8H2,1H3,(H,15,19). The van der Waals surface area contributed by atoms with E-state index in [9.17, 15) is 19.5 Å². The first kappa shape index (κ1) is 15.8. The molecule has 2 rings (SSSR count). The van der Waals surface area contributed by atoms with Gasteiger partial charge in [-0.25, -0.2) is 4.79 Å². The van der Waals surface area contributed by atoms with Crippen LogP contribution in [0.25, 0.3) is 0 Å². The lowest BCUT2D eigenvalue weighted by molar-refractivity contribution is -0.150. The highest BCUT2D eigenvalue weighted by Gasteiger charge is 2.38. The van der Waals surface area contributed by atoms with Crippen LogP contribution in [0.15, 0.2) is 0 Å². The molecular weight excluding hydrogens is 276 g/mol. The number of aliphatic hydroxyl groups is 1. The van der Waals surface area contributed by atoms with Crippen LogP contribution in [0.4, 0.5) is 0 Å². The van der Waals surface area contributed by atoms with Crippen LogP contribution in [0.2, 0.25) is 0 Å². The molecule has 2 aliphatic rings. The molecule has 1 aliphatic carbocycles. The number of methoxy groups -OCH3 is 1. The maximum Gasteiger partial charge on any atom is 0.336 e. The smallest absolute Gasteiger partial charge is 0.336 e. The maximum atomic E-state index is 12.0. The summed E-state index contributed by atoms with van der Waals surface area (Å²) in [6, 6.07) is 0.274. The number of nitrogens with one attached hydrogen (secondary N) is 1. The van der Waals surface area contributed by atoms with E-state index in [1.54, 1.807) is 0 Å². The lowest BCUT2D eigenvalue weighted by atomic mass is 10.1. The predicted molar refractivity (Wildman–Crippen MR) is 73.1 cm³/mol. The fourth-order valence-electron chi connectivity index (χ4n) is 3.04. The molecule has 2 amide bonds. The van der Waals surface area contributed by atoms with Gasteiger partial charge >= 0.3 is 5.97 Å². The van der Waals surface area contributed by atoms with Crippen molar-refractivity contribution in [2.45, 2.75) is 44.2 Å². The molecule has 1 saturated carbocycles. The molecule has 2 fully saturated rings. The molecule has 1 heterocycles. The third kappa shape index (κ3) is 3.72. The number of aliphatic hydroxyl groups excluding tert-OH is 1. The molecule has 2 unspecified atom stereocenters. The summed E-state index contributed by atoms with van der Waals surface area (Å²) in [7, 11) is 1.17. The van der Waals surface area contributed by atoms with E-state index in [2.05, 4.69) is 10.1 Å². The van der Waals surface area contributed by atoms with Crippen LogP contribution in [0.3, 0.4) is 0 Å². The number of rotatable bonds is 5. The van der Waals surface area contributed by atoms with Crippen molar-refractivity contribution in [3.05, 3.63) is 0 Å². The Morgan fingerprint density at radius 1 is 1.43 bits per heavy atom. The zero-order chi connectivity index (χ0) is 15.4. The summed E-state index contributed by atoms with van der Waals surface area (Å²) in [6.07, 6.45) is 3.13. The molecule has 7 heteroatoms. The van der Waals surface area contributed by atoms with Crippen LogP contribution < -0.4 is 5.32 Å². The Bertz CT molecular complexity index is 420. The molecule has 2 atom stereocenters. The predicted octanol–water partition coefficient (Wildman–Crippen LogP) is -0.572. The second-order valence-electron chi connectivity index (χ2n) is 5.67. The number of hydrogen-bond donors (Lipinski definition) is 2. The van der Waals surface area contributed by atoms with Gasteiger partial charge in [-0.2, -0.15) is 0 Å². The van der Waals surface area contributed by atoms with E-state index in [0.717, 1.165) is 25.7 Å². The summed E-state index contributed by atoms with van der Waals surface area (Å²) in [4.78, 5) is 36.9. The molecule has 1 saturated heterocycles. The highest BCUT2D eigenvalue weighted by molar-refractivity contribution is 5.89. The number of likely N-dealkylation sites (tertiary alicyclic amines) is 1. The normalized spacial score (nSPS) is 24.2. The lowest BCUT2D eigenvalue weighted by Gasteiger charge is -2.23. The minimum absolute atomic E-state index is 0.0237. The Hall–Kier alpha value is -1.63. The zero-order valence-corrected chi connectivity index (χ0v) is 12.2. The molecule has 0 radical (unpaired) electrons. The fraction of sp³-hybridized carbons (Fsp3) is 0.786. The molecule has 21 heavy (non-hydrogen) atoms. The maximum absolute atomic E-state index is 12.0. The van der Waals surface area contributed by atoms with Crippen molar-refractivity contribution in [1.29, 1.82) is 0 Å². The van der Waals surface area contributed by atoms with Gasteiger partial charge in [0.25, 0.3) is 0 Å². The van der Waals surface area contributed by atoms with Gasteiger partial charge in [0, 0.05) is 19.0 Å². The summed E-state index contributed by atoms with van der Waals surface area (Å²) >= 11 is 0. The monoisotopic (exact) mass is 298 g/mol. The van der Waals surface area contributed by atoms with Crippen LogP contribution in [0, 0.1) is 5.92 Å². The molecule has 0 aromatic heterocycles. The third-order valence-electron chi connectivity index (χ3n) is 4.24. The van der Waals surface area contributed by atoms with E-state index in [1.165, 1.54) is 7.11 Å². The quantitative estimate of drug-likeness (QED) is 0.663. The van der Waals surface area contributed by atoms with Gasteiger partial charge in [-0.15, -0.1) is 0 Å². The van der Waals surface area contributed by atoms with Crippen LogP contribution in [0.5, 0.6) is 0 Å². The van der Waals surface area contributed by atoms with E-state index in [1.807, 2.05) is 4.90 Å². The SMILES string of the molecule is COC(=O)C(O)CNC(=O)C1CC(=O)N(C2CCCC2)C1. The Balaban J connectivity index is 1.81. The molecule has 0 aromatic rings. The Morgan fingerprint density at radius 2 is 2.10 bits per heavy atom. The van der Waals surface area contributed by atoms with Gasteiger partial charge in [-0.3, -0.25) is 9.59 Å². The molecule has 2 N–H and O–H groups in total. The average Bonchev–Trinajstić information content (AvgIpc) is 3.12. The van der Waals surface area contributed by atoms with Crippen molar-refractivity contribution in [2.75, 3.05) is 20.2 Å². The summed E-state index contributed by atoms with van der Waals surface area (Å²) < 4.78 is 4.37. The topological polar surface area (TPSA) is 95.9 Å². The van der Waals surface area contributed by atoms with E-state index >= 15 is 0 Å². The van der Waals surface area contributed by atoms with E-state index in [0.29, 0.717) is 6.54 Å². The lowest BCUT2D eigenvalue weighted by Crippen LogP contribution is -2.41. The highest BCUT2D eigenvalue weighted by atomic mass is 16.5. The van der Waals surface area contributed by atoms with Crippen molar-refractivity contribution < 1.29 is 24.2 Å². The number of amides is 2. The van der Waals surface area contributed by atoms with Gasteiger partial charge in [0.1, 0.15) is 0 Å². The van der Waals surface area contributed by atoms with Crippen LogP contribution in [-0.2, 0) is 19.1 Å². The van der Waals surface area contributed by atoms with Crippen molar-refractivity contribution in [2.24, 2.45) is 5.92 Å². The number of nitrogens with zero attached hydrogens (tertiary/aromatic N) is 1. The Kier molecular flexibility index (Phi) is 5.17. The summed E-state index contributed by atoms with van der Waals surface area (Å²) in [5, 5.41) is 11.9. The van der Waals surface area contributed by atoms with Crippen molar-refractivity contribution in [3.63, 3.8) is 0 Å². The first-order valence-electron chi connectivity index (χ1n) is 7.36. The molecule has 0 bridgehead atoms. The second-order valence-corrected chi connectivity index (χ2v) is 5.67. The molecule has 1 aliphatic heterocycles. The van der Waals surface area contributed by atoms with Gasteiger partial charge in [0.15, 0.2) is 6.10 Å². The second kappa shape index (κ2) is 6.89. The van der Waals surface area contributed by atoms with Crippen LogP contribution in [0.1, 0.15) is 32.1 Å². The molecule has 118 valence electrons. The van der Waals surface area contributed by atoms with E-state index in [-0.39, 0.29) is 30.8 Å². The van der Waals surface area contributed by atoms with Gasteiger partial charge in [-0.1, -0.05) is 12.8 Å². The summed E-state index contributed by atoms with van der Waals surface area (Å²) in [5.74, 6) is -1.46. The highest BCUT2D eigenvalue weighted by Crippen LogP contribution is 2.29. The number of carbonyl (C=O) groups excluding carboxylic acids is 3. The average molecular weight is 298 g/mol. The first-order chi connectivity index (χ1) is 10.0. The number of ether oxygens (including phenoxy) is 1. The van der Waals surface area contributed by atoms with Crippen molar-refractivity contribution >= 4 is 17.8 Å². The van der Waals surface area contributed by atoms with Crippen molar-refractivity contribution in [1.82, 2.24) is 10.2 Å². The van der Waals surface area contributed by atoms with Crippen LogP contribution >= 0.6 is 0 Å². The van der Waals surface area contributed by atoms with Crippen LogP contribution in [-0.4, -0.2) is 60.1 Å². The summed E-state index contributed by atoms with van der Waals surface area (Å²) in [5.41, 5.74) is 0. The Labute approximate surface area is 123 Å². The number of esters is 1. The van der Waals surface area contributed by atoms with Gasteiger partial charge in [0.05, 0.1) is 19.6 Å². The molecule has 0 spiro atoms. The fourth-order valence-corrected chi connectivity index (χ4v) is 3.04. The largest absolute Gasteiger partial charge is 0.467 e. The molecule has 7 nitrogen and oxygen atoms in total. The first-order valence-corrected chi connectivity index (χ1v) is 7.36. The minimum atomic E-state index is -1.37. The Morgan fingerprint density at radius 3 is 2.71 bits per heavy atom. The third-order valence-corrected chi connectivity index (χ3v) is 4.24. The van der Waals surface area contributed by atoms with Gasteiger partial charge in [-0.05, 0) is 12.8 Å². The number of hydrogen-bond acceptors (Lipinski definition) is 5. The minimum Gasteiger partial charge on any atom is -0.467 e. The van der Waals surface area contributed by atoms with Gasteiger partial charge in [0.2, 0.25) is 11.8 Å². The van der Waals surface area contributed by atoms with Gasteiger partial charge < -0.3 is 20.1 Å². The van der Waals surface area contributed by atoms with Crippen molar-refractivity contribution in [3.8, 4) is 0 Å². The molecular formula is C14H22N2O5. The molecule has 0 aromatic carbocycles. The summed E-state index contributed by atoms with van der Waals surface area (Å²) in [6.45, 7) is 0.239. The van der Waals surface area contributed by atoms with E-state index in [4.69, 9.17) is 0 Å². The van der Waals surface area contributed by atoms with E-state index < -0.39 is 18.0 Å².